The van der Waals surface area contributed by atoms with E-state index in [0.29, 0.717) is 16.9 Å². The van der Waals surface area contributed by atoms with Gasteiger partial charge >= 0.3 is 5.97 Å². The van der Waals surface area contributed by atoms with Gasteiger partial charge in [0.05, 0.1) is 0 Å². The molecule has 1 atom stereocenters. The van der Waals surface area contributed by atoms with Gasteiger partial charge in [0.2, 0.25) is 0 Å². The van der Waals surface area contributed by atoms with Crippen LogP contribution in [0.4, 0.5) is 5.69 Å². The van der Waals surface area contributed by atoms with Gasteiger partial charge < -0.3 is 14.6 Å². The molecule has 0 unspecified atom stereocenters. The predicted octanol–water partition coefficient (Wildman–Crippen LogP) is 3.66. The van der Waals surface area contributed by atoms with E-state index in [1.807, 2.05) is 30.7 Å². The van der Waals surface area contributed by atoms with E-state index in [1.165, 1.54) is 0 Å². The summed E-state index contributed by atoms with van der Waals surface area (Å²) < 4.78 is 2.72. The Balaban J connectivity index is 2.03. The summed E-state index contributed by atoms with van der Waals surface area (Å²) in [6, 6.07) is 9.11. The number of benzene rings is 1. The zero-order valence-corrected chi connectivity index (χ0v) is 14.4. The summed E-state index contributed by atoms with van der Waals surface area (Å²) in [5.41, 5.74) is 1.92. The van der Waals surface area contributed by atoms with Crippen molar-refractivity contribution in [1.29, 1.82) is 0 Å². The maximum absolute atomic E-state index is 13.0. The Morgan fingerprint density at radius 2 is 2.00 bits per heavy atom. The lowest BCUT2D eigenvalue weighted by molar-refractivity contribution is -0.138. The summed E-state index contributed by atoms with van der Waals surface area (Å²) in [7, 11) is 0. The number of hydrogen-bond acceptors (Lipinski definition) is 2. The van der Waals surface area contributed by atoms with E-state index in [1.54, 1.807) is 29.2 Å². The molecule has 0 saturated carbocycles. The van der Waals surface area contributed by atoms with Crippen LogP contribution in [-0.2, 0) is 4.79 Å². The van der Waals surface area contributed by atoms with E-state index < -0.39 is 11.9 Å². The van der Waals surface area contributed by atoms with Crippen LogP contribution in [0.15, 0.2) is 41.0 Å². The Bertz CT molecular complexity index is 782. The Kier molecular flexibility index (Phi) is 4.02. The smallest absolute Gasteiger partial charge is 0.312 e. The highest BCUT2D eigenvalue weighted by molar-refractivity contribution is 9.10. The summed E-state index contributed by atoms with van der Waals surface area (Å²) in [6.45, 7) is 4.16. The summed E-state index contributed by atoms with van der Waals surface area (Å²) in [5, 5.41) is 9.43. The van der Waals surface area contributed by atoms with Crippen molar-refractivity contribution < 1.29 is 14.7 Å². The molecule has 1 aromatic heterocycles. The number of anilines is 1. The van der Waals surface area contributed by atoms with Crippen LogP contribution in [0.2, 0.25) is 0 Å². The van der Waals surface area contributed by atoms with E-state index in [2.05, 4.69) is 15.9 Å². The van der Waals surface area contributed by atoms with Gasteiger partial charge in [0.1, 0.15) is 11.6 Å². The summed E-state index contributed by atoms with van der Waals surface area (Å²) in [5.74, 6) is -1.77. The van der Waals surface area contributed by atoms with Crippen molar-refractivity contribution in [1.82, 2.24) is 4.57 Å². The molecule has 2 heterocycles. The van der Waals surface area contributed by atoms with E-state index in [4.69, 9.17) is 0 Å². The molecule has 120 valence electrons. The molecule has 3 rings (SSSR count). The van der Waals surface area contributed by atoms with Crippen molar-refractivity contribution in [3.8, 4) is 0 Å². The molecule has 1 N–H and O–H groups in total. The molecule has 1 amide bonds. The average Bonchev–Trinajstić information content (AvgIpc) is 3.07. The SMILES string of the molecule is CC(C)n1cc(Br)cc1C(=O)N1C[C@H](C(=O)O)c2ccccc21. The minimum Gasteiger partial charge on any atom is -0.481 e. The molecule has 5 nitrogen and oxygen atoms in total. The fraction of sp³-hybridized carbons (Fsp3) is 0.294. The number of carbonyl (C=O) groups is 2. The fourth-order valence-electron chi connectivity index (χ4n) is 2.99. The highest BCUT2D eigenvalue weighted by Crippen LogP contribution is 2.37. The number of fused-ring (bicyclic) bond motifs is 1. The molecule has 1 aliphatic rings. The molecule has 0 radical (unpaired) electrons. The van der Waals surface area contributed by atoms with Crippen LogP contribution >= 0.6 is 15.9 Å². The molecule has 2 aromatic rings. The second kappa shape index (κ2) is 5.85. The number of rotatable bonds is 3. The number of nitrogens with zero attached hydrogens (tertiary/aromatic N) is 2. The third-order valence-corrected chi connectivity index (χ3v) is 4.54. The van der Waals surface area contributed by atoms with Crippen molar-refractivity contribution in [2.45, 2.75) is 25.8 Å². The summed E-state index contributed by atoms with van der Waals surface area (Å²) >= 11 is 3.41. The molecular formula is C17H17BrN2O3. The van der Waals surface area contributed by atoms with Crippen LogP contribution in [0.5, 0.6) is 0 Å². The molecule has 0 spiro atoms. The first-order valence-corrected chi connectivity index (χ1v) is 8.20. The molecule has 23 heavy (non-hydrogen) atoms. The number of hydrogen-bond donors (Lipinski definition) is 1. The average molecular weight is 377 g/mol. The molecular weight excluding hydrogens is 360 g/mol. The Hall–Kier alpha value is -2.08. The van der Waals surface area contributed by atoms with Crippen molar-refractivity contribution in [3.63, 3.8) is 0 Å². The predicted molar refractivity (Wildman–Crippen MR) is 91.0 cm³/mol. The lowest BCUT2D eigenvalue weighted by Gasteiger charge is -2.20. The third kappa shape index (κ3) is 2.67. The van der Waals surface area contributed by atoms with Gasteiger partial charge in [-0.25, -0.2) is 0 Å². The number of aliphatic carboxylic acids is 1. The van der Waals surface area contributed by atoms with Crippen molar-refractivity contribution >= 4 is 33.5 Å². The highest BCUT2D eigenvalue weighted by Gasteiger charge is 2.37. The van der Waals surface area contributed by atoms with Gasteiger partial charge in [-0.3, -0.25) is 9.59 Å². The molecule has 0 fully saturated rings. The van der Waals surface area contributed by atoms with Crippen LogP contribution in [0, 0.1) is 0 Å². The van der Waals surface area contributed by atoms with Gasteiger partial charge in [-0.05, 0) is 47.5 Å². The quantitative estimate of drug-likeness (QED) is 0.888. The Labute approximate surface area is 142 Å². The minimum absolute atomic E-state index is 0.133. The van der Waals surface area contributed by atoms with Gasteiger partial charge in [0.25, 0.3) is 5.91 Å². The second-order valence-electron chi connectivity index (χ2n) is 5.91. The topological polar surface area (TPSA) is 62.5 Å². The van der Waals surface area contributed by atoms with Crippen molar-refractivity contribution in [2.24, 2.45) is 0 Å². The molecule has 1 aliphatic heterocycles. The van der Waals surface area contributed by atoms with Gasteiger partial charge in [-0.15, -0.1) is 0 Å². The standard InChI is InChI=1S/C17H17BrN2O3/c1-10(2)19-8-11(18)7-15(19)16(21)20-9-13(17(22)23)12-5-3-4-6-14(12)20/h3-8,10,13H,9H2,1-2H3,(H,22,23)/t13-/m0/s1. The van der Waals surface area contributed by atoms with Gasteiger partial charge in [0, 0.05) is 28.9 Å². The number of carbonyl (C=O) groups excluding carboxylic acids is 1. The van der Waals surface area contributed by atoms with Crippen LogP contribution in [-0.4, -0.2) is 28.1 Å². The maximum Gasteiger partial charge on any atom is 0.312 e. The largest absolute Gasteiger partial charge is 0.481 e. The van der Waals surface area contributed by atoms with E-state index in [0.717, 1.165) is 4.47 Å². The van der Waals surface area contributed by atoms with E-state index in [9.17, 15) is 14.7 Å². The first-order chi connectivity index (χ1) is 10.9. The zero-order valence-electron chi connectivity index (χ0n) is 12.9. The lowest BCUT2D eigenvalue weighted by atomic mass is 10.0. The van der Waals surface area contributed by atoms with Crippen LogP contribution in [0.3, 0.4) is 0 Å². The fourth-order valence-corrected chi connectivity index (χ4v) is 3.43. The number of amides is 1. The lowest BCUT2D eigenvalue weighted by Crippen LogP contribution is -2.32. The normalized spacial score (nSPS) is 16.7. The zero-order chi connectivity index (χ0) is 16.7. The molecule has 1 aromatic carbocycles. The first kappa shape index (κ1) is 15.8. The number of aromatic nitrogens is 1. The third-order valence-electron chi connectivity index (χ3n) is 4.10. The summed E-state index contributed by atoms with van der Waals surface area (Å²) in [6.07, 6.45) is 1.87. The van der Waals surface area contributed by atoms with Crippen LogP contribution < -0.4 is 4.90 Å². The van der Waals surface area contributed by atoms with Crippen molar-refractivity contribution in [3.05, 3.63) is 52.3 Å². The number of para-hydroxylation sites is 1. The van der Waals surface area contributed by atoms with Gasteiger partial charge in [-0.1, -0.05) is 18.2 Å². The molecule has 0 aliphatic carbocycles. The second-order valence-corrected chi connectivity index (χ2v) is 6.83. The molecule has 0 bridgehead atoms. The van der Waals surface area contributed by atoms with E-state index >= 15 is 0 Å². The van der Waals surface area contributed by atoms with Crippen LogP contribution in [0.1, 0.15) is 41.9 Å². The van der Waals surface area contributed by atoms with Crippen LogP contribution in [0.25, 0.3) is 0 Å². The summed E-state index contributed by atoms with van der Waals surface area (Å²) in [4.78, 5) is 26.1. The van der Waals surface area contributed by atoms with Crippen molar-refractivity contribution in [2.75, 3.05) is 11.4 Å². The van der Waals surface area contributed by atoms with Gasteiger partial charge in [-0.2, -0.15) is 0 Å². The maximum atomic E-state index is 13.0. The molecule has 0 saturated heterocycles. The monoisotopic (exact) mass is 376 g/mol. The number of carboxylic acids is 1. The first-order valence-electron chi connectivity index (χ1n) is 7.41. The van der Waals surface area contributed by atoms with Gasteiger partial charge in [0.15, 0.2) is 0 Å². The Morgan fingerprint density at radius 3 is 2.65 bits per heavy atom. The minimum atomic E-state index is -0.909. The molecule has 6 heteroatoms. The Morgan fingerprint density at radius 1 is 1.30 bits per heavy atom. The number of carboxylic acid groups (broad SMARTS) is 1. The number of halogens is 1. The highest BCUT2D eigenvalue weighted by atomic mass is 79.9. The van der Waals surface area contributed by atoms with E-state index in [-0.39, 0.29) is 18.5 Å².